The van der Waals surface area contributed by atoms with Gasteiger partial charge in [0.15, 0.2) is 0 Å². The third kappa shape index (κ3) is 9.76. The Morgan fingerprint density at radius 2 is 1.69 bits per heavy atom. The summed E-state index contributed by atoms with van der Waals surface area (Å²) in [5, 5.41) is 0. The van der Waals surface area contributed by atoms with Gasteiger partial charge in [0, 0.05) is 13.1 Å². The minimum Gasteiger partial charge on any atom is -0.378 e. The second-order valence-corrected chi connectivity index (χ2v) is 2.91. The van der Waals surface area contributed by atoms with E-state index < -0.39 is 0 Å². The Labute approximate surface area is 81.0 Å². The fourth-order valence-corrected chi connectivity index (χ4v) is 0.784. The molecule has 13 heavy (non-hydrogen) atoms. The molecule has 0 aromatic carbocycles. The van der Waals surface area contributed by atoms with Crippen molar-refractivity contribution in [2.75, 3.05) is 53.1 Å². The molecule has 0 aromatic heterocycles. The van der Waals surface area contributed by atoms with Crippen molar-refractivity contribution in [1.29, 1.82) is 0 Å². The minimum atomic E-state index is 0.582. The van der Waals surface area contributed by atoms with Crippen LogP contribution in [-0.4, -0.2) is 58.0 Å². The molecule has 0 spiro atoms. The van der Waals surface area contributed by atoms with Crippen molar-refractivity contribution in [3.8, 4) is 0 Å². The van der Waals surface area contributed by atoms with E-state index in [0.29, 0.717) is 26.4 Å². The summed E-state index contributed by atoms with van der Waals surface area (Å²) < 4.78 is 10.5. The van der Waals surface area contributed by atoms with Crippen LogP contribution in [0.25, 0.3) is 0 Å². The Morgan fingerprint density at radius 1 is 1.08 bits per heavy atom. The van der Waals surface area contributed by atoms with E-state index in [9.17, 15) is 0 Å². The smallest absolute Gasteiger partial charge is 0.0701 e. The molecule has 0 aromatic rings. The molecule has 0 aliphatic rings. The van der Waals surface area contributed by atoms with Gasteiger partial charge in [0.1, 0.15) is 0 Å². The van der Waals surface area contributed by atoms with Gasteiger partial charge in [0.05, 0.1) is 26.4 Å². The molecule has 4 nitrogen and oxygen atoms in total. The van der Waals surface area contributed by atoms with Crippen molar-refractivity contribution in [3.63, 3.8) is 0 Å². The normalized spacial score (nSPS) is 11.1. The molecular formula is C9H22N2O2. The molecule has 0 saturated heterocycles. The molecule has 0 unspecified atom stereocenters. The summed E-state index contributed by atoms with van der Waals surface area (Å²) >= 11 is 0. The van der Waals surface area contributed by atoms with E-state index in [-0.39, 0.29) is 0 Å². The number of nitrogens with zero attached hydrogens (tertiary/aromatic N) is 1. The first-order chi connectivity index (χ1) is 6.31. The van der Waals surface area contributed by atoms with Gasteiger partial charge >= 0.3 is 0 Å². The van der Waals surface area contributed by atoms with Crippen LogP contribution in [0.4, 0.5) is 0 Å². The maximum atomic E-state index is 5.35. The Hall–Kier alpha value is -0.160. The molecule has 0 saturated carbocycles. The molecule has 0 heterocycles. The van der Waals surface area contributed by atoms with E-state index in [1.165, 1.54) is 0 Å². The fraction of sp³-hybridized carbons (Fsp3) is 1.00. The molecule has 80 valence electrons. The highest BCUT2D eigenvalue weighted by Gasteiger charge is 1.93. The highest BCUT2D eigenvalue weighted by Crippen LogP contribution is 1.82. The van der Waals surface area contributed by atoms with Crippen molar-refractivity contribution in [2.24, 2.45) is 5.73 Å². The average molecular weight is 190 g/mol. The van der Waals surface area contributed by atoms with Crippen molar-refractivity contribution in [3.05, 3.63) is 0 Å². The van der Waals surface area contributed by atoms with E-state index in [1.807, 2.05) is 0 Å². The molecule has 0 atom stereocenters. The highest BCUT2D eigenvalue weighted by atomic mass is 16.5. The van der Waals surface area contributed by atoms with Crippen LogP contribution in [0.15, 0.2) is 0 Å². The molecule has 0 aliphatic carbocycles. The number of rotatable bonds is 9. The molecule has 0 aliphatic heterocycles. The second kappa shape index (κ2) is 9.92. The van der Waals surface area contributed by atoms with Crippen LogP contribution in [0.3, 0.4) is 0 Å². The summed E-state index contributed by atoms with van der Waals surface area (Å²) in [6, 6.07) is 0. The van der Waals surface area contributed by atoms with Gasteiger partial charge in [-0.05, 0) is 13.6 Å². The number of nitrogens with two attached hydrogens (primary N) is 1. The van der Waals surface area contributed by atoms with Gasteiger partial charge in [0.2, 0.25) is 0 Å². The summed E-state index contributed by atoms with van der Waals surface area (Å²) in [5.74, 6) is 0. The van der Waals surface area contributed by atoms with E-state index in [2.05, 4.69) is 18.9 Å². The SMILES string of the molecule is CCN(C)CCOCCOCCN. The first-order valence-corrected chi connectivity index (χ1v) is 4.85. The maximum Gasteiger partial charge on any atom is 0.0701 e. The van der Waals surface area contributed by atoms with Crippen molar-refractivity contribution in [1.82, 2.24) is 4.90 Å². The molecule has 0 rings (SSSR count). The van der Waals surface area contributed by atoms with Gasteiger partial charge in [-0.2, -0.15) is 0 Å². The van der Waals surface area contributed by atoms with Crippen LogP contribution >= 0.6 is 0 Å². The zero-order valence-electron chi connectivity index (χ0n) is 8.79. The summed E-state index contributed by atoms with van der Waals surface area (Å²) in [7, 11) is 2.08. The quantitative estimate of drug-likeness (QED) is 0.517. The van der Waals surface area contributed by atoms with Crippen LogP contribution in [0.2, 0.25) is 0 Å². The van der Waals surface area contributed by atoms with Gasteiger partial charge in [-0.15, -0.1) is 0 Å². The first kappa shape index (κ1) is 12.8. The highest BCUT2D eigenvalue weighted by molar-refractivity contribution is 4.44. The summed E-state index contributed by atoms with van der Waals surface area (Å²) in [6.45, 7) is 7.46. The lowest BCUT2D eigenvalue weighted by molar-refractivity contribution is 0.0439. The third-order valence-corrected chi connectivity index (χ3v) is 1.79. The monoisotopic (exact) mass is 190 g/mol. The number of likely N-dealkylation sites (N-methyl/N-ethyl adjacent to an activating group) is 1. The molecule has 0 radical (unpaired) electrons. The van der Waals surface area contributed by atoms with E-state index >= 15 is 0 Å². The van der Waals surface area contributed by atoms with E-state index in [0.717, 1.165) is 19.7 Å². The third-order valence-electron chi connectivity index (χ3n) is 1.79. The number of hydrogen-bond acceptors (Lipinski definition) is 4. The van der Waals surface area contributed by atoms with Crippen LogP contribution < -0.4 is 5.73 Å². The Morgan fingerprint density at radius 3 is 2.23 bits per heavy atom. The fourth-order valence-electron chi connectivity index (χ4n) is 0.784. The Bertz CT molecular complexity index is 102. The van der Waals surface area contributed by atoms with Gasteiger partial charge in [-0.3, -0.25) is 0 Å². The average Bonchev–Trinajstić information content (AvgIpc) is 2.16. The first-order valence-electron chi connectivity index (χ1n) is 4.85. The zero-order valence-corrected chi connectivity index (χ0v) is 8.79. The molecule has 0 bridgehead atoms. The zero-order chi connectivity index (χ0) is 9.94. The summed E-state index contributed by atoms with van der Waals surface area (Å²) in [6.07, 6.45) is 0. The second-order valence-electron chi connectivity index (χ2n) is 2.91. The largest absolute Gasteiger partial charge is 0.378 e. The molecule has 2 N–H and O–H groups in total. The van der Waals surface area contributed by atoms with E-state index in [4.69, 9.17) is 15.2 Å². The van der Waals surface area contributed by atoms with Gasteiger partial charge in [0.25, 0.3) is 0 Å². The molecule has 4 heteroatoms. The van der Waals surface area contributed by atoms with Gasteiger partial charge in [-0.1, -0.05) is 6.92 Å². The Kier molecular flexibility index (Phi) is 9.80. The number of ether oxygens (including phenoxy) is 2. The molecular weight excluding hydrogens is 168 g/mol. The van der Waals surface area contributed by atoms with Crippen molar-refractivity contribution in [2.45, 2.75) is 6.92 Å². The van der Waals surface area contributed by atoms with Crippen molar-refractivity contribution < 1.29 is 9.47 Å². The minimum absolute atomic E-state index is 0.582. The van der Waals surface area contributed by atoms with Crippen LogP contribution in [0.5, 0.6) is 0 Å². The predicted molar refractivity (Wildman–Crippen MR) is 53.9 cm³/mol. The van der Waals surface area contributed by atoms with Crippen LogP contribution in [0, 0.1) is 0 Å². The van der Waals surface area contributed by atoms with Crippen LogP contribution in [0.1, 0.15) is 6.92 Å². The number of hydrogen-bond donors (Lipinski definition) is 1. The summed E-state index contributed by atoms with van der Waals surface area (Å²) in [5.41, 5.74) is 5.25. The predicted octanol–water partition coefficient (Wildman–Crippen LogP) is -0.0700. The maximum absolute atomic E-state index is 5.35. The standard InChI is InChI=1S/C9H22N2O2/c1-3-11(2)5-7-13-9-8-12-6-4-10/h3-10H2,1-2H3. The lowest BCUT2D eigenvalue weighted by Crippen LogP contribution is -2.23. The van der Waals surface area contributed by atoms with Gasteiger partial charge < -0.3 is 20.1 Å². The van der Waals surface area contributed by atoms with Crippen LogP contribution in [-0.2, 0) is 9.47 Å². The molecule has 0 amide bonds. The Balaban J connectivity index is 2.91. The lowest BCUT2D eigenvalue weighted by Gasteiger charge is -2.13. The van der Waals surface area contributed by atoms with E-state index in [1.54, 1.807) is 0 Å². The summed E-state index contributed by atoms with van der Waals surface area (Å²) in [4.78, 5) is 2.21. The topological polar surface area (TPSA) is 47.7 Å². The molecule has 0 fully saturated rings. The lowest BCUT2D eigenvalue weighted by atomic mass is 10.5. The van der Waals surface area contributed by atoms with Gasteiger partial charge in [-0.25, -0.2) is 0 Å². The van der Waals surface area contributed by atoms with Crippen molar-refractivity contribution >= 4 is 0 Å².